The summed E-state index contributed by atoms with van der Waals surface area (Å²) in [6.07, 6.45) is 3.82. The van der Waals surface area contributed by atoms with Crippen molar-refractivity contribution in [3.05, 3.63) is 24.5 Å². The van der Waals surface area contributed by atoms with E-state index in [0.29, 0.717) is 5.03 Å². The molecule has 11 heavy (non-hydrogen) atoms. The number of imidazole rings is 1. The van der Waals surface area contributed by atoms with Gasteiger partial charge in [-0.05, 0) is 5.03 Å². The lowest BCUT2D eigenvalue weighted by atomic mass is 10.5. The maximum atomic E-state index is 4.91. The van der Waals surface area contributed by atoms with Crippen LogP contribution in [-0.2, 0) is 19.7 Å². The van der Waals surface area contributed by atoms with Crippen molar-refractivity contribution in [2.75, 3.05) is 0 Å². The zero-order valence-corrected chi connectivity index (χ0v) is 6.88. The maximum Gasteiger partial charge on any atom is 0.306 e. The van der Waals surface area contributed by atoms with Crippen LogP contribution in [0.3, 0.4) is 0 Å². The number of aromatic nitrogens is 3. The van der Waals surface area contributed by atoms with Gasteiger partial charge < -0.3 is 12.6 Å². The smallest absolute Gasteiger partial charge is 0.306 e. The number of hydrogen-bond donors (Lipinski definition) is 0. The van der Waals surface area contributed by atoms with E-state index in [2.05, 4.69) is 5.10 Å². The summed E-state index contributed by atoms with van der Waals surface area (Å²) in [6.45, 7) is 0. The van der Waals surface area contributed by atoms with Crippen molar-refractivity contribution in [3.8, 4) is 0 Å². The molecule has 0 saturated heterocycles. The Morgan fingerprint density at radius 1 is 1.55 bits per heavy atom. The summed E-state index contributed by atoms with van der Waals surface area (Å²) < 4.78 is 3.75. The molecule has 0 aliphatic carbocycles. The molecule has 2 rings (SSSR count). The molecule has 0 aliphatic rings. The van der Waals surface area contributed by atoms with Crippen LogP contribution in [0.2, 0.25) is 0 Å². The second kappa shape index (κ2) is 2.17. The van der Waals surface area contributed by atoms with E-state index in [-0.39, 0.29) is 0 Å². The first-order valence-corrected chi connectivity index (χ1v) is 3.69. The number of rotatable bonds is 0. The number of nitrogens with zero attached hydrogens (tertiary/aromatic N) is 3. The molecule has 0 saturated carbocycles. The highest BCUT2D eigenvalue weighted by atomic mass is 32.1. The fraction of sp³-hybridized carbons (Fsp3) is 0.143. The monoisotopic (exact) mass is 165 g/mol. The molecule has 0 amide bonds. The fourth-order valence-corrected chi connectivity index (χ4v) is 1.20. The first-order valence-electron chi connectivity index (χ1n) is 3.28. The lowest BCUT2D eigenvalue weighted by molar-refractivity contribution is -0.644. The molecular weight excluding hydrogens is 158 g/mol. The van der Waals surface area contributed by atoms with Crippen molar-refractivity contribution in [2.45, 2.75) is 5.03 Å². The molecule has 2 aromatic heterocycles. The number of fused-ring (bicyclic) bond motifs is 1. The molecule has 3 nitrogen and oxygen atoms in total. The Kier molecular flexibility index (Phi) is 1.29. The van der Waals surface area contributed by atoms with Gasteiger partial charge in [0.05, 0.1) is 7.05 Å². The Hall–Kier alpha value is -1.16. The molecule has 0 bridgehead atoms. The third kappa shape index (κ3) is 0.952. The first kappa shape index (κ1) is 6.54. The van der Waals surface area contributed by atoms with Crippen LogP contribution in [0.15, 0.2) is 29.6 Å². The van der Waals surface area contributed by atoms with Crippen molar-refractivity contribution >= 4 is 18.3 Å². The lowest BCUT2D eigenvalue weighted by Crippen LogP contribution is -2.25. The van der Waals surface area contributed by atoms with Gasteiger partial charge in [-0.3, -0.25) is 0 Å². The van der Waals surface area contributed by atoms with E-state index < -0.39 is 0 Å². The topological polar surface area (TPSA) is 21.2 Å². The number of hydrogen-bond acceptors (Lipinski definition) is 2. The van der Waals surface area contributed by atoms with Gasteiger partial charge in [-0.1, -0.05) is 6.07 Å². The summed E-state index contributed by atoms with van der Waals surface area (Å²) in [5.74, 6) is 0. The second-order valence-electron chi connectivity index (χ2n) is 2.38. The lowest BCUT2D eigenvalue weighted by Gasteiger charge is -1.97. The van der Waals surface area contributed by atoms with Gasteiger partial charge in [0.1, 0.15) is 6.20 Å². The Labute approximate surface area is 69.7 Å². The summed E-state index contributed by atoms with van der Waals surface area (Å²) in [5, 5.41) is 4.73. The molecule has 0 N–H and O–H groups in total. The molecule has 2 heterocycles. The minimum atomic E-state index is 0.619. The Morgan fingerprint density at radius 3 is 3.18 bits per heavy atom. The molecule has 0 aromatic carbocycles. The molecule has 0 spiro atoms. The largest absolute Gasteiger partial charge is 0.757 e. The van der Waals surface area contributed by atoms with Crippen molar-refractivity contribution in [2.24, 2.45) is 7.05 Å². The standard InChI is InChI=1S/C7H7N3S/c1-9-4-5-10-7(9)3-2-6(11)8-10/h2-5H,1H3. The SMILES string of the molecule is C[n+]1ccn2nc([S-])ccc21. The van der Waals surface area contributed by atoms with Crippen LogP contribution in [-0.4, -0.2) is 9.61 Å². The van der Waals surface area contributed by atoms with Crippen molar-refractivity contribution in [3.63, 3.8) is 0 Å². The van der Waals surface area contributed by atoms with Gasteiger partial charge >= 0.3 is 5.65 Å². The number of aryl methyl sites for hydroxylation is 1. The van der Waals surface area contributed by atoms with E-state index in [0.717, 1.165) is 5.65 Å². The molecule has 0 atom stereocenters. The van der Waals surface area contributed by atoms with Gasteiger partial charge in [0.25, 0.3) is 0 Å². The third-order valence-electron chi connectivity index (χ3n) is 1.61. The van der Waals surface area contributed by atoms with Crippen LogP contribution in [0.25, 0.3) is 5.65 Å². The van der Waals surface area contributed by atoms with Crippen LogP contribution < -0.4 is 4.57 Å². The van der Waals surface area contributed by atoms with Crippen molar-refractivity contribution < 1.29 is 4.57 Å². The quantitative estimate of drug-likeness (QED) is 0.407. The van der Waals surface area contributed by atoms with Crippen molar-refractivity contribution in [1.82, 2.24) is 9.61 Å². The van der Waals surface area contributed by atoms with Crippen LogP contribution in [0.4, 0.5) is 0 Å². The molecule has 0 unspecified atom stereocenters. The molecule has 0 fully saturated rings. The Balaban J connectivity index is 2.86. The summed E-state index contributed by atoms with van der Waals surface area (Å²) in [4.78, 5) is 0. The van der Waals surface area contributed by atoms with Crippen LogP contribution >= 0.6 is 0 Å². The maximum absolute atomic E-state index is 4.91. The van der Waals surface area contributed by atoms with E-state index in [1.54, 1.807) is 4.52 Å². The van der Waals surface area contributed by atoms with E-state index in [1.807, 2.05) is 36.1 Å². The van der Waals surface area contributed by atoms with Gasteiger partial charge in [-0.2, -0.15) is 0 Å². The van der Waals surface area contributed by atoms with Gasteiger partial charge in [-0.25, -0.2) is 4.57 Å². The van der Waals surface area contributed by atoms with E-state index in [1.165, 1.54) is 0 Å². The molecular formula is C7H7N3S. The molecule has 0 aliphatic heterocycles. The summed E-state index contributed by atoms with van der Waals surface area (Å²) in [7, 11) is 1.97. The third-order valence-corrected chi connectivity index (χ3v) is 1.83. The van der Waals surface area contributed by atoms with Gasteiger partial charge in [-0.15, -0.1) is 9.61 Å². The Morgan fingerprint density at radius 2 is 2.36 bits per heavy atom. The molecule has 2 aromatic rings. The Bertz CT molecular complexity index is 393. The van der Waals surface area contributed by atoms with Gasteiger partial charge in [0.15, 0.2) is 6.20 Å². The van der Waals surface area contributed by atoms with Gasteiger partial charge in [0.2, 0.25) is 0 Å². The summed E-state index contributed by atoms with van der Waals surface area (Å²) >= 11 is 4.91. The predicted octanol–water partition coefficient (Wildman–Crippen LogP) is 0.0646. The van der Waals surface area contributed by atoms with E-state index >= 15 is 0 Å². The highest BCUT2D eigenvalue weighted by Gasteiger charge is 2.03. The average Bonchev–Trinajstić information content (AvgIpc) is 2.32. The zero-order chi connectivity index (χ0) is 7.84. The highest BCUT2D eigenvalue weighted by Crippen LogP contribution is 1.96. The summed E-state index contributed by atoms with van der Waals surface area (Å²) in [5.41, 5.74) is 1.04. The minimum Gasteiger partial charge on any atom is -0.757 e. The molecule has 0 radical (unpaired) electrons. The first-order chi connectivity index (χ1) is 5.27. The van der Waals surface area contributed by atoms with Crippen molar-refractivity contribution in [1.29, 1.82) is 0 Å². The normalized spacial score (nSPS) is 10.6. The van der Waals surface area contributed by atoms with E-state index in [4.69, 9.17) is 12.6 Å². The summed E-state index contributed by atoms with van der Waals surface area (Å²) in [6, 6.07) is 3.78. The fourth-order valence-electron chi connectivity index (χ4n) is 1.04. The van der Waals surface area contributed by atoms with Crippen LogP contribution in [0, 0.1) is 0 Å². The van der Waals surface area contributed by atoms with Crippen LogP contribution in [0.1, 0.15) is 0 Å². The zero-order valence-electron chi connectivity index (χ0n) is 6.06. The predicted molar refractivity (Wildman–Crippen MR) is 42.0 cm³/mol. The van der Waals surface area contributed by atoms with E-state index in [9.17, 15) is 0 Å². The van der Waals surface area contributed by atoms with Gasteiger partial charge in [0, 0.05) is 6.07 Å². The average molecular weight is 165 g/mol. The second-order valence-corrected chi connectivity index (χ2v) is 2.80. The highest BCUT2D eigenvalue weighted by molar-refractivity contribution is 7.58. The minimum absolute atomic E-state index is 0.619. The molecule has 56 valence electrons. The molecule has 4 heteroatoms. The van der Waals surface area contributed by atoms with Crippen LogP contribution in [0.5, 0.6) is 0 Å².